The van der Waals surface area contributed by atoms with Gasteiger partial charge in [-0.05, 0) is 37.8 Å². The molecule has 0 amide bonds. The zero-order valence-electron chi connectivity index (χ0n) is 17.6. The highest BCUT2D eigenvalue weighted by Gasteiger charge is 2.26. The fourth-order valence-corrected chi connectivity index (χ4v) is 5.01. The summed E-state index contributed by atoms with van der Waals surface area (Å²) < 4.78 is 17.7. The van der Waals surface area contributed by atoms with Gasteiger partial charge in [-0.15, -0.1) is 24.0 Å². The largest absolute Gasteiger partial charge is 0.496 e. The first-order valence-electron chi connectivity index (χ1n) is 10.1. The number of methoxy groups -OCH3 is 1. The highest BCUT2D eigenvalue weighted by Crippen LogP contribution is 2.26. The van der Waals surface area contributed by atoms with Gasteiger partial charge >= 0.3 is 0 Å². The van der Waals surface area contributed by atoms with Gasteiger partial charge in [0.15, 0.2) is 5.96 Å². The first-order valence-corrected chi connectivity index (χ1v) is 11.5. The number of hydrogen-bond acceptors (Lipinski definition) is 3. The SMILES string of the molecule is CCNC(=NCC(C)c1ccccc1OC)NC1CCCC(S(=O)CC)C1.I. The Morgan fingerprint density at radius 1 is 1.32 bits per heavy atom. The maximum Gasteiger partial charge on any atom is 0.191 e. The van der Waals surface area contributed by atoms with Crippen LogP contribution in [0.25, 0.3) is 0 Å². The molecule has 0 bridgehead atoms. The van der Waals surface area contributed by atoms with Gasteiger partial charge in [-0.1, -0.05) is 38.5 Å². The van der Waals surface area contributed by atoms with E-state index in [9.17, 15) is 4.21 Å². The molecule has 4 unspecified atom stereocenters. The molecule has 0 spiro atoms. The Kier molecular flexibility index (Phi) is 12.1. The van der Waals surface area contributed by atoms with Crippen molar-refractivity contribution in [3.63, 3.8) is 0 Å². The number of halogens is 1. The number of nitrogens with zero attached hydrogens (tertiary/aromatic N) is 1. The second kappa shape index (κ2) is 13.4. The van der Waals surface area contributed by atoms with Gasteiger partial charge < -0.3 is 15.4 Å². The van der Waals surface area contributed by atoms with E-state index in [0.717, 1.165) is 49.7 Å². The number of guanidine groups is 1. The minimum absolute atomic E-state index is 0. The van der Waals surface area contributed by atoms with Gasteiger partial charge in [0, 0.05) is 46.9 Å². The van der Waals surface area contributed by atoms with E-state index in [1.807, 2.05) is 25.1 Å². The summed E-state index contributed by atoms with van der Waals surface area (Å²) in [5.74, 6) is 2.79. The summed E-state index contributed by atoms with van der Waals surface area (Å²) in [5, 5.41) is 7.25. The van der Waals surface area contributed by atoms with E-state index < -0.39 is 10.8 Å². The zero-order valence-corrected chi connectivity index (χ0v) is 20.7. The van der Waals surface area contributed by atoms with Gasteiger partial charge in [-0.2, -0.15) is 0 Å². The molecule has 28 heavy (non-hydrogen) atoms. The summed E-state index contributed by atoms with van der Waals surface area (Å²) in [4.78, 5) is 4.81. The molecule has 0 radical (unpaired) electrons. The third-order valence-corrected chi connectivity index (χ3v) is 6.90. The maximum atomic E-state index is 12.2. The maximum absolute atomic E-state index is 12.2. The molecule has 7 heteroatoms. The predicted molar refractivity (Wildman–Crippen MR) is 131 cm³/mol. The molecule has 0 aromatic heterocycles. The zero-order chi connectivity index (χ0) is 19.6. The van der Waals surface area contributed by atoms with Crippen LogP contribution >= 0.6 is 24.0 Å². The van der Waals surface area contributed by atoms with Crippen LogP contribution in [0.2, 0.25) is 0 Å². The molecule has 160 valence electrons. The van der Waals surface area contributed by atoms with E-state index in [4.69, 9.17) is 9.73 Å². The third kappa shape index (κ3) is 7.54. The second-order valence-corrected chi connectivity index (χ2v) is 9.17. The quantitative estimate of drug-likeness (QED) is 0.308. The van der Waals surface area contributed by atoms with Crippen molar-refractivity contribution in [2.75, 3.05) is 26.0 Å². The Bertz CT molecular complexity index is 642. The van der Waals surface area contributed by atoms with Crippen molar-refractivity contribution in [3.05, 3.63) is 29.8 Å². The van der Waals surface area contributed by atoms with Crippen LogP contribution < -0.4 is 15.4 Å². The molecule has 0 saturated heterocycles. The minimum atomic E-state index is -0.707. The van der Waals surface area contributed by atoms with Crippen molar-refractivity contribution in [2.45, 2.75) is 63.7 Å². The number of nitrogens with one attached hydrogen (secondary N) is 2. The molecule has 1 aliphatic carbocycles. The van der Waals surface area contributed by atoms with Crippen LogP contribution in [-0.4, -0.2) is 47.4 Å². The molecule has 4 atom stereocenters. The van der Waals surface area contributed by atoms with Crippen LogP contribution in [0.4, 0.5) is 0 Å². The normalized spacial score (nSPS) is 21.9. The molecular formula is C21H36IN3O2S. The summed E-state index contributed by atoms with van der Waals surface area (Å²) in [6.45, 7) is 7.78. The topological polar surface area (TPSA) is 62.7 Å². The Labute approximate surface area is 190 Å². The monoisotopic (exact) mass is 521 g/mol. The molecule has 5 nitrogen and oxygen atoms in total. The van der Waals surface area contributed by atoms with Gasteiger partial charge in [0.1, 0.15) is 5.75 Å². The molecule has 1 aromatic rings. The highest BCUT2D eigenvalue weighted by atomic mass is 127. The van der Waals surface area contributed by atoms with E-state index in [1.54, 1.807) is 7.11 Å². The average molecular weight is 522 g/mol. The van der Waals surface area contributed by atoms with Crippen molar-refractivity contribution >= 4 is 40.7 Å². The number of hydrogen-bond donors (Lipinski definition) is 2. The smallest absolute Gasteiger partial charge is 0.191 e. The Hall–Kier alpha value is -0.830. The van der Waals surface area contributed by atoms with Crippen LogP contribution in [0.15, 0.2) is 29.3 Å². The summed E-state index contributed by atoms with van der Waals surface area (Å²) in [5.41, 5.74) is 1.18. The van der Waals surface area contributed by atoms with Crippen LogP contribution in [0.5, 0.6) is 5.75 Å². The summed E-state index contributed by atoms with van der Waals surface area (Å²) >= 11 is 0. The number of ether oxygens (including phenoxy) is 1. The van der Waals surface area contributed by atoms with E-state index in [0.29, 0.717) is 17.8 Å². The summed E-state index contributed by atoms with van der Waals surface area (Å²) in [6, 6.07) is 8.47. The number of benzene rings is 1. The summed E-state index contributed by atoms with van der Waals surface area (Å²) in [6.07, 6.45) is 4.29. The lowest BCUT2D eigenvalue weighted by Crippen LogP contribution is -2.46. The van der Waals surface area contributed by atoms with Crippen molar-refractivity contribution in [1.82, 2.24) is 10.6 Å². The first kappa shape index (κ1) is 25.2. The van der Waals surface area contributed by atoms with Crippen molar-refractivity contribution in [3.8, 4) is 5.75 Å². The van der Waals surface area contributed by atoms with Gasteiger partial charge in [-0.25, -0.2) is 0 Å². The molecule has 1 saturated carbocycles. The minimum Gasteiger partial charge on any atom is -0.496 e. The Morgan fingerprint density at radius 2 is 2.07 bits per heavy atom. The lowest BCUT2D eigenvalue weighted by molar-refractivity contribution is 0.406. The molecule has 2 rings (SSSR count). The van der Waals surface area contributed by atoms with Crippen LogP contribution in [0.3, 0.4) is 0 Å². The lowest BCUT2D eigenvalue weighted by atomic mass is 9.95. The number of rotatable bonds is 8. The molecular weight excluding hydrogens is 485 g/mol. The van der Waals surface area contributed by atoms with E-state index in [-0.39, 0.29) is 29.9 Å². The van der Waals surface area contributed by atoms with Crippen molar-refractivity contribution < 1.29 is 8.95 Å². The van der Waals surface area contributed by atoms with E-state index >= 15 is 0 Å². The van der Waals surface area contributed by atoms with Crippen LogP contribution in [-0.2, 0) is 10.8 Å². The Morgan fingerprint density at radius 3 is 2.75 bits per heavy atom. The molecule has 0 aliphatic heterocycles. The molecule has 1 aromatic carbocycles. The molecule has 1 fully saturated rings. The average Bonchev–Trinajstić information content (AvgIpc) is 2.71. The highest BCUT2D eigenvalue weighted by molar-refractivity contribution is 14.0. The fourth-order valence-electron chi connectivity index (χ4n) is 3.66. The van der Waals surface area contributed by atoms with Gasteiger partial charge in [-0.3, -0.25) is 9.20 Å². The number of aliphatic imine (C=N–C) groups is 1. The van der Waals surface area contributed by atoms with Gasteiger partial charge in [0.2, 0.25) is 0 Å². The predicted octanol–water partition coefficient (Wildman–Crippen LogP) is 4.05. The Balaban J connectivity index is 0.00000392. The van der Waals surface area contributed by atoms with Gasteiger partial charge in [0.25, 0.3) is 0 Å². The van der Waals surface area contributed by atoms with E-state index in [2.05, 4.69) is 30.5 Å². The third-order valence-electron chi connectivity index (χ3n) is 5.16. The molecule has 0 heterocycles. The fraction of sp³-hybridized carbons (Fsp3) is 0.667. The van der Waals surface area contributed by atoms with E-state index in [1.165, 1.54) is 5.56 Å². The van der Waals surface area contributed by atoms with Crippen molar-refractivity contribution in [1.29, 1.82) is 0 Å². The number of para-hydroxylation sites is 1. The molecule has 2 N–H and O–H groups in total. The van der Waals surface area contributed by atoms with Crippen LogP contribution in [0, 0.1) is 0 Å². The standard InChI is InChI=1S/C21H35N3O2S.HI/c1-5-22-21(24-17-10-9-11-18(14-17)27(25)6-2)23-15-16(3)19-12-7-8-13-20(19)26-4;/h7-8,12-13,16-18H,5-6,9-11,14-15H2,1-4H3,(H2,22,23,24);1H. The van der Waals surface area contributed by atoms with Crippen molar-refractivity contribution in [2.24, 2.45) is 4.99 Å². The lowest BCUT2D eigenvalue weighted by Gasteiger charge is -2.30. The molecule has 1 aliphatic rings. The van der Waals surface area contributed by atoms with Crippen LogP contribution in [0.1, 0.15) is 57.9 Å². The summed E-state index contributed by atoms with van der Waals surface area (Å²) in [7, 11) is 1.00. The second-order valence-electron chi connectivity index (χ2n) is 7.16. The first-order chi connectivity index (χ1) is 13.1. The van der Waals surface area contributed by atoms with Gasteiger partial charge in [0.05, 0.1) is 7.11 Å².